The van der Waals surface area contributed by atoms with Crippen molar-refractivity contribution in [3.8, 4) is 11.3 Å². The number of hydrogen-bond acceptors (Lipinski definition) is 3. The van der Waals surface area contributed by atoms with Gasteiger partial charge in [-0.3, -0.25) is 4.79 Å². The van der Waals surface area contributed by atoms with Crippen molar-refractivity contribution in [3.05, 3.63) is 102 Å². The van der Waals surface area contributed by atoms with Crippen molar-refractivity contribution >= 4 is 11.6 Å². The molecule has 0 aliphatic carbocycles. The minimum atomic E-state index is 0.0945. The van der Waals surface area contributed by atoms with Crippen LogP contribution in [-0.2, 0) is 24.3 Å². The molecule has 7 heteroatoms. The maximum Gasteiger partial charge on any atom is 0.229 e. The van der Waals surface area contributed by atoms with E-state index in [4.69, 9.17) is 11.6 Å². The van der Waals surface area contributed by atoms with Crippen molar-refractivity contribution < 1.29 is 4.79 Å². The first-order chi connectivity index (χ1) is 17.6. The zero-order valence-corrected chi connectivity index (χ0v) is 20.5. The average Bonchev–Trinajstić information content (AvgIpc) is 3.55. The van der Waals surface area contributed by atoms with Crippen molar-refractivity contribution in [2.75, 3.05) is 6.54 Å². The molecule has 36 heavy (non-hydrogen) atoms. The molecule has 1 aliphatic heterocycles. The highest BCUT2D eigenvalue weighted by Gasteiger charge is 2.29. The van der Waals surface area contributed by atoms with Crippen LogP contribution in [0.4, 0.5) is 5.69 Å². The fourth-order valence-electron chi connectivity index (χ4n) is 4.83. The van der Waals surface area contributed by atoms with E-state index >= 15 is 0 Å². The summed E-state index contributed by atoms with van der Waals surface area (Å²) < 4.78 is 4.30. The second-order valence-electron chi connectivity index (χ2n) is 9.35. The number of amides is 1. The van der Waals surface area contributed by atoms with Gasteiger partial charge in [0.2, 0.25) is 5.91 Å². The highest BCUT2D eigenvalue weighted by molar-refractivity contribution is 5.78. The van der Waals surface area contributed by atoms with E-state index in [0.29, 0.717) is 31.7 Å². The molecule has 7 nitrogen and oxygen atoms in total. The molecule has 1 aliphatic rings. The van der Waals surface area contributed by atoms with E-state index in [-0.39, 0.29) is 11.9 Å². The monoisotopic (exact) mass is 478 g/mol. The Morgan fingerprint density at radius 2 is 1.94 bits per heavy atom. The predicted octanol–water partition coefficient (Wildman–Crippen LogP) is 5.66. The Kier molecular flexibility index (Phi) is 6.94. The van der Waals surface area contributed by atoms with Crippen molar-refractivity contribution in [1.82, 2.24) is 24.0 Å². The van der Waals surface area contributed by atoms with Crippen LogP contribution in [0.15, 0.2) is 73.3 Å². The molecule has 1 atom stereocenters. The molecule has 3 heterocycles. The Morgan fingerprint density at radius 1 is 1.14 bits per heavy atom. The van der Waals surface area contributed by atoms with Crippen LogP contribution in [0.1, 0.15) is 49.3 Å². The van der Waals surface area contributed by atoms with Gasteiger partial charge in [-0.05, 0) is 12.0 Å². The van der Waals surface area contributed by atoms with Crippen molar-refractivity contribution in [1.29, 1.82) is 0 Å². The SMILES string of the molecule is [C-]#[N+]c1ccc(Cn2cncc2CC(=O)N2Cc3nc(-c4ccccc4)cn3C(CCCC)C2)cc1. The summed E-state index contributed by atoms with van der Waals surface area (Å²) in [6.45, 7) is 11.2. The lowest BCUT2D eigenvalue weighted by molar-refractivity contribution is -0.132. The number of fused-ring (bicyclic) bond motifs is 1. The third kappa shape index (κ3) is 5.08. The number of hydrogen-bond donors (Lipinski definition) is 0. The van der Waals surface area contributed by atoms with Gasteiger partial charge in [-0.25, -0.2) is 14.8 Å². The number of aromatic nitrogens is 4. The summed E-state index contributed by atoms with van der Waals surface area (Å²) in [6, 6.07) is 18.0. The molecule has 0 radical (unpaired) electrons. The molecule has 182 valence electrons. The molecular formula is C29H30N6O. The Labute approximate surface area is 211 Å². The number of carbonyl (C=O) groups excluding carboxylic acids is 1. The van der Waals surface area contributed by atoms with Gasteiger partial charge in [0.15, 0.2) is 5.69 Å². The normalized spacial score (nSPS) is 14.9. The molecule has 0 N–H and O–H groups in total. The number of carbonyl (C=O) groups is 1. The molecule has 4 aromatic rings. The van der Waals surface area contributed by atoms with E-state index in [9.17, 15) is 4.79 Å². The van der Waals surface area contributed by atoms with E-state index in [0.717, 1.165) is 47.6 Å². The van der Waals surface area contributed by atoms with Crippen LogP contribution >= 0.6 is 0 Å². The number of nitrogens with zero attached hydrogens (tertiary/aromatic N) is 6. The van der Waals surface area contributed by atoms with Crippen LogP contribution in [0, 0.1) is 6.57 Å². The van der Waals surface area contributed by atoms with Gasteiger partial charge >= 0.3 is 0 Å². The van der Waals surface area contributed by atoms with Gasteiger partial charge in [0.25, 0.3) is 0 Å². The first-order valence-corrected chi connectivity index (χ1v) is 12.5. The van der Waals surface area contributed by atoms with Crippen LogP contribution in [0.3, 0.4) is 0 Å². The van der Waals surface area contributed by atoms with Crippen LogP contribution in [-0.4, -0.2) is 36.5 Å². The molecule has 0 fully saturated rings. The summed E-state index contributed by atoms with van der Waals surface area (Å²) in [5.74, 6) is 1.04. The van der Waals surface area contributed by atoms with Crippen LogP contribution < -0.4 is 0 Å². The lowest BCUT2D eigenvalue weighted by atomic mass is 10.1. The summed E-state index contributed by atoms with van der Waals surface area (Å²) in [5.41, 5.74) is 4.64. The van der Waals surface area contributed by atoms with Gasteiger partial charge in [-0.15, -0.1) is 0 Å². The molecule has 1 unspecified atom stereocenters. The predicted molar refractivity (Wildman–Crippen MR) is 139 cm³/mol. The van der Waals surface area contributed by atoms with Gasteiger partial charge in [0, 0.05) is 36.7 Å². The molecule has 2 aromatic heterocycles. The third-order valence-electron chi connectivity index (χ3n) is 6.83. The quantitative estimate of drug-likeness (QED) is 0.307. The molecule has 1 amide bonds. The fraction of sp³-hybridized carbons (Fsp3) is 0.310. The Hall–Kier alpha value is -4.18. The van der Waals surface area contributed by atoms with E-state index in [1.54, 1.807) is 12.5 Å². The first-order valence-electron chi connectivity index (χ1n) is 12.5. The first kappa shape index (κ1) is 23.6. The fourth-order valence-corrected chi connectivity index (χ4v) is 4.83. The smallest absolute Gasteiger partial charge is 0.229 e. The second-order valence-corrected chi connectivity index (χ2v) is 9.35. The molecule has 0 bridgehead atoms. The van der Waals surface area contributed by atoms with Crippen molar-refractivity contribution in [2.45, 2.75) is 51.7 Å². The minimum Gasteiger partial charge on any atom is -0.333 e. The molecule has 0 spiro atoms. The molecule has 0 saturated heterocycles. The van der Waals surface area contributed by atoms with Gasteiger partial charge in [0.05, 0.1) is 37.6 Å². The summed E-state index contributed by atoms with van der Waals surface area (Å²) in [7, 11) is 0. The number of imidazole rings is 2. The summed E-state index contributed by atoms with van der Waals surface area (Å²) in [5, 5.41) is 0. The number of rotatable bonds is 8. The largest absolute Gasteiger partial charge is 0.333 e. The molecule has 5 rings (SSSR count). The van der Waals surface area contributed by atoms with Gasteiger partial charge in [0.1, 0.15) is 5.82 Å². The van der Waals surface area contributed by atoms with Crippen molar-refractivity contribution in [3.63, 3.8) is 0 Å². The van der Waals surface area contributed by atoms with Crippen LogP contribution in [0.25, 0.3) is 16.1 Å². The van der Waals surface area contributed by atoms with Gasteiger partial charge < -0.3 is 14.0 Å². The lowest BCUT2D eigenvalue weighted by Gasteiger charge is -2.34. The van der Waals surface area contributed by atoms with E-state index in [1.165, 1.54) is 0 Å². The topological polar surface area (TPSA) is 60.3 Å². The van der Waals surface area contributed by atoms with Crippen LogP contribution in [0.5, 0.6) is 0 Å². The summed E-state index contributed by atoms with van der Waals surface area (Å²) >= 11 is 0. The highest BCUT2D eigenvalue weighted by atomic mass is 16.2. The Morgan fingerprint density at radius 3 is 2.69 bits per heavy atom. The van der Waals surface area contributed by atoms with Crippen molar-refractivity contribution in [2.24, 2.45) is 0 Å². The van der Waals surface area contributed by atoms with E-state index in [2.05, 4.69) is 39.6 Å². The zero-order chi connectivity index (χ0) is 24.9. The standard InChI is InChI=1S/C29H30N6O/c1-3-4-10-25-18-33(20-28-32-27(19-35(25)28)23-8-6-5-7-9-23)29(36)15-26-16-31-21-34(26)17-22-11-13-24(30-2)14-12-22/h5-9,11-14,16,19,21,25H,3-4,10,15,17-18,20H2,1H3. The Balaban J connectivity index is 1.33. The van der Waals surface area contributed by atoms with Gasteiger partial charge in [-0.2, -0.15) is 0 Å². The summed E-state index contributed by atoms with van der Waals surface area (Å²) in [4.78, 5) is 28.1. The van der Waals surface area contributed by atoms with Gasteiger partial charge in [-0.1, -0.05) is 74.4 Å². The van der Waals surface area contributed by atoms with Crippen LogP contribution in [0.2, 0.25) is 0 Å². The molecular weight excluding hydrogens is 448 g/mol. The Bertz CT molecular complexity index is 1360. The molecule has 0 saturated carbocycles. The average molecular weight is 479 g/mol. The number of benzene rings is 2. The zero-order valence-electron chi connectivity index (χ0n) is 20.5. The maximum absolute atomic E-state index is 13.5. The highest BCUT2D eigenvalue weighted by Crippen LogP contribution is 2.29. The van der Waals surface area contributed by atoms with E-state index in [1.807, 2.05) is 51.9 Å². The minimum absolute atomic E-state index is 0.0945. The maximum atomic E-state index is 13.5. The summed E-state index contributed by atoms with van der Waals surface area (Å²) in [6.07, 6.45) is 9.26. The number of unbranched alkanes of at least 4 members (excludes halogenated alkanes) is 1. The molecule has 2 aromatic carbocycles. The second kappa shape index (κ2) is 10.6. The lowest BCUT2D eigenvalue weighted by Crippen LogP contribution is -2.42. The third-order valence-corrected chi connectivity index (χ3v) is 6.83. The van der Waals surface area contributed by atoms with E-state index < -0.39 is 0 Å².